The van der Waals surface area contributed by atoms with E-state index in [0.29, 0.717) is 17.9 Å². The fraction of sp³-hybridized carbons (Fsp3) is 0.235. The number of carbonyl (C=O) groups excluding carboxylic acids is 1. The summed E-state index contributed by atoms with van der Waals surface area (Å²) in [5.41, 5.74) is 2.66. The van der Waals surface area contributed by atoms with Crippen molar-refractivity contribution >= 4 is 11.6 Å². The van der Waals surface area contributed by atoms with Gasteiger partial charge in [0.15, 0.2) is 0 Å². The van der Waals surface area contributed by atoms with Gasteiger partial charge in [0.05, 0.1) is 0 Å². The summed E-state index contributed by atoms with van der Waals surface area (Å²) in [5.74, 6) is -0.274. The molecule has 0 fully saturated rings. The zero-order valence-corrected chi connectivity index (χ0v) is 12.2. The van der Waals surface area contributed by atoms with Gasteiger partial charge in [0.1, 0.15) is 11.7 Å². The summed E-state index contributed by atoms with van der Waals surface area (Å²) in [4.78, 5) is 23.5. The second-order valence-electron chi connectivity index (χ2n) is 5.39. The van der Waals surface area contributed by atoms with Gasteiger partial charge >= 0.3 is 0 Å². The molecule has 2 atom stereocenters. The topological polar surface area (TPSA) is 67.8 Å². The number of nitrogens with zero attached hydrogens (tertiary/aromatic N) is 1. The lowest BCUT2D eigenvalue weighted by atomic mass is 9.93. The van der Waals surface area contributed by atoms with Crippen molar-refractivity contribution in [2.45, 2.75) is 19.6 Å². The average molecular weight is 296 g/mol. The van der Waals surface area contributed by atoms with Crippen LogP contribution >= 0.6 is 0 Å². The average Bonchev–Trinajstić information content (AvgIpc) is 2.53. The molecule has 2 aromatic rings. The van der Waals surface area contributed by atoms with Gasteiger partial charge in [0.25, 0.3) is 0 Å². The smallest absolute Gasteiger partial charge is 0.241 e. The predicted molar refractivity (Wildman–Crippen MR) is 83.7 cm³/mol. The summed E-state index contributed by atoms with van der Waals surface area (Å²) < 4.78 is 5.54. The normalized spacial score (nSPS) is 19.7. The summed E-state index contributed by atoms with van der Waals surface area (Å²) in [6.45, 7) is 1.95. The lowest BCUT2D eigenvalue weighted by Gasteiger charge is -2.28. The minimum Gasteiger partial charge on any atom is -0.464 e. The number of fused-ring (bicyclic) bond motifs is 1. The first kappa shape index (κ1) is 14.3. The number of benzene rings is 2. The minimum atomic E-state index is -1.00. The molecule has 5 nitrogen and oxygen atoms in total. The van der Waals surface area contributed by atoms with E-state index < -0.39 is 12.1 Å². The summed E-state index contributed by atoms with van der Waals surface area (Å²) in [6, 6.07) is 14.9. The minimum absolute atomic E-state index is 0.260. The molecule has 1 aliphatic rings. The Balaban J connectivity index is 1.81. The van der Waals surface area contributed by atoms with E-state index in [4.69, 9.17) is 4.74 Å². The molecular weight excluding hydrogens is 280 g/mol. The van der Waals surface area contributed by atoms with Crippen LogP contribution in [0.5, 0.6) is 5.75 Å². The highest BCUT2D eigenvalue weighted by atomic mass is 16.5. The number of carbonyl (C=O) groups is 1. The first-order valence-electron chi connectivity index (χ1n) is 7.12. The molecule has 1 aliphatic heterocycles. The van der Waals surface area contributed by atoms with Crippen molar-refractivity contribution in [3.63, 3.8) is 0 Å². The largest absolute Gasteiger partial charge is 0.464 e. The van der Waals surface area contributed by atoms with Crippen LogP contribution in [-0.4, -0.2) is 12.1 Å². The van der Waals surface area contributed by atoms with Crippen LogP contribution in [0, 0.1) is 17.7 Å². The zero-order chi connectivity index (χ0) is 15.5. The van der Waals surface area contributed by atoms with E-state index >= 15 is 0 Å². The molecule has 2 unspecified atom stereocenters. The number of hydrogen-bond donors (Lipinski definition) is 1. The van der Waals surface area contributed by atoms with Gasteiger partial charge in [0.2, 0.25) is 12.1 Å². The summed E-state index contributed by atoms with van der Waals surface area (Å²) in [7, 11) is 0. The Hall–Kier alpha value is -2.69. The number of amides is 1. The van der Waals surface area contributed by atoms with Crippen LogP contribution in [0.25, 0.3) is 0 Å². The van der Waals surface area contributed by atoms with Gasteiger partial charge in [-0.15, -0.1) is 4.91 Å². The molecular formula is C17H16N2O3. The zero-order valence-electron chi connectivity index (χ0n) is 12.2. The Morgan fingerprint density at radius 1 is 1.23 bits per heavy atom. The monoisotopic (exact) mass is 296 g/mol. The number of nitrogens with one attached hydrogen (secondary N) is 1. The van der Waals surface area contributed by atoms with Gasteiger partial charge in [-0.2, -0.15) is 0 Å². The van der Waals surface area contributed by atoms with Crippen LogP contribution in [0.2, 0.25) is 0 Å². The molecule has 1 heterocycles. The molecule has 1 N–H and O–H groups in total. The number of nitroso groups, excluding NO2 is 1. The van der Waals surface area contributed by atoms with E-state index in [9.17, 15) is 9.70 Å². The molecule has 3 rings (SSSR count). The molecule has 112 valence electrons. The van der Waals surface area contributed by atoms with E-state index in [0.717, 1.165) is 11.1 Å². The summed E-state index contributed by atoms with van der Waals surface area (Å²) >= 11 is 0. The fourth-order valence-corrected chi connectivity index (χ4v) is 2.61. The Labute approximate surface area is 128 Å². The molecule has 0 saturated heterocycles. The van der Waals surface area contributed by atoms with Crippen LogP contribution in [0.3, 0.4) is 0 Å². The van der Waals surface area contributed by atoms with E-state index in [1.165, 1.54) is 0 Å². The van der Waals surface area contributed by atoms with Crippen molar-refractivity contribution in [1.82, 2.24) is 0 Å². The standard InChI is InChI=1S/C17H16N2O3/c1-11-5-4-7-13(9-11)18-16(20)14-10-12-6-2-3-8-15(12)22-17(14)19-21/h2-9,14,17H,10H2,1H3,(H,18,20). The Morgan fingerprint density at radius 3 is 2.82 bits per heavy atom. The molecule has 0 spiro atoms. The van der Waals surface area contributed by atoms with E-state index in [1.807, 2.05) is 49.4 Å². The maximum Gasteiger partial charge on any atom is 0.241 e. The number of hydrogen-bond acceptors (Lipinski definition) is 4. The number of ether oxygens (including phenoxy) is 1. The molecule has 0 saturated carbocycles. The third-order valence-corrected chi connectivity index (χ3v) is 3.73. The van der Waals surface area contributed by atoms with Gasteiger partial charge in [0, 0.05) is 5.69 Å². The second kappa shape index (κ2) is 5.97. The summed E-state index contributed by atoms with van der Waals surface area (Å²) in [6.07, 6.45) is -0.566. The molecule has 22 heavy (non-hydrogen) atoms. The molecule has 2 aromatic carbocycles. The number of anilines is 1. The van der Waals surface area contributed by atoms with Gasteiger partial charge < -0.3 is 10.1 Å². The van der Waals surface area contributed by atoms with Crippen LogP contribution in [-0.2, 0) is 11.2 Å². The second-order valence-corrected chi connectivity index (χ2v) is 5.39. The van der Waals surface area contributed by atoms with E-state index in [1.54, 1.807) is 6.07 Å². The van der Waals surface area contributed by atoms with Gasteiger partial charge in [-0.05, 0) is 47.8 Å². The quantitative estimate of drug-likeness (QED) is 0.884. The molecule has 0 radical (unpaired) electrons. The van der Waals surface area contributed by atoms with Crippen molar-refractivity contribution in [2.24, 2.45) is 11.1 Å². The number of rotatable bonds is 3. The van der Waals surface area contributed by atoms with Crippen molar-refractivity contribution in [1.29, 1.82) is 0 Å². The van der Waals surface area contributed by atoms with Crippen molar-refractivity contribution in [2.75, 3.05) is 5.32 Å². The SMILES string of the molecule is Cc1cccc(NC(=O)C2Cc3ccccc3OC2N=O)c1. The predicted octanol–water partition coefficient (Wildman–Crippen LogP) is 3.28. The molecule has 0 aliphatic carbocycles. The van der Waals surface area contributed by atoms with Gasteiger partial charge in [-0.25, -0.2) is 0 Å². The molecule has 1 amide bonds. The van der Waals surface area contributed by atoms with Gasteiger partial charge in [-0.3, -0.25) is 4.79 Å². The molecule has 0 bridgehead atoms. The van der Waals surface area contributed by atoms with E-state index in [2.05, 4.69) is 10.5 Å². The highest BCUT2D eigenvalue weighted by Gasteiger charge is 2.36. The van der Waals surface area contributed by atoms with Crippen molar-refractivity contribution < 1.29 is 9.53 Å². The first-order chi connectivity index (χ1) is 10.7. The van der Waals surface area contributed by atoms with Gasteiger partial charge in [-0.1, -0.05) is 30.3 Å². The van der Waals surface area contributed by atoms with Crippen molar-refractivity contribution in [3.05, 3.63) is 64.6 Å². The van der Waals surface area contributed by atoms with Crippen molar-refractivity contribution in [3.8, 4) is 5.75 Å². The Bertz CT molecular complexity index is 715. The lowest BCUT2D eigenvalue weighted by molar-refractivity contribution is -0.123. The fourth-order valence-electron chi connectivity index (χ4n) is 2.61. The maximum absolute atomic E-state index is 12.5. The highest BCUT2D eigenvalue weighted by Crippen LogP contribution is 2.31. The number of para-hydroxylation sites is 1. The highest BCUT2D eigenvalue weighted by molar-refractivity contribution is 5.93. The maximum atomic E-state index is 12.5. The first-order valence-corrected chi connectivity index (χ1v) is 7.12. The third kappa shape index (κ3) is 2.83. The van der Waals surface area contributed by atoms with E-state index in [-0.39, 0.29) is 5.91 Å². The molecule has 0 aromatic heterocycles. The summed E-state index contributed by atoms with van der Waals surface area (Å²) in [5, 5.41) is 5.80. The van der Waals surface area contributed by atoms with Crippen LogP contribution in [0.15, 0.2) is 53.7 Å². The Kier molecular flexibility index (Phi) is 3.87. The van der Waals surface area contributed by atoms with Crippen LogP contribution in [0.1, 0.15) is 11.1 Å². The number of aryl methyl sites for hydroxylation is 1. The van der Waals surface area contributed by atoms with Crippen LogP contribution in [0.4, 0.5) is 5.69 Å². The van der Waals surface area contributed by atoms with Crippen LogP contribution < -0.4 is 10.1 Å². The lowest BCUT2D eigenvalue weighted by Crippen LogP contribution is -2.39. The third-order valence-electron chi connectivity index (χ3n) is 3.73. The Morgan fingerprint density at radius 2 is 2.05 bits per heavy atom. The molecule has 5 heteroatoms.